The molecule has 2 aromatic heterocycles. The third-order valence-electron chi connectivity index (χ3n) is 3.00. The summed E-state index contributed by atoms with van der Waals surface area (Å²) in [7, 11) is 0. The van der Waals surface area contributed by atoms with E-state index in [0.29, 0.717) is 6.42 Å². The smallest absolute Gasteiger partial charge is 0.0859 e. The van der Waals surface area contributed by atoms with Crippen molar-refractivity contribution >= 4 is 22.2 Å². The molecule has 1 atom stereocenters. The molecule has 1 N–H and O–H groups in total. The topological polar surface area (TPSA) is 33.1 Å². The van der Waals surface area contributed by atoms with Gasteiger partial charge < -0.3 is 5.11 Å². The van der Waals surface area contributed by atoms with Crippen molar-refractivity contribution < 1.29 is 5.11 Å². The van der Waals surface area contributed by atoms with Crippen LogP contribution in [0.2, 0.25) is 0 Å². The van der Waals surface area contributed by atoms with E-state index in [1.54, 1.807) is 17.5 Å². The molecule has 0 amide bonds. The molecule has 0 saturated carbocycles. The van der Waals surface area contributed by atoms with E-state index in [-0.39, 0.29) is 0 Å². The Balaban J connectivity index is 1.98. The molecule has 2 heterocycles. The maximum absolute atomic E-state index is 10.4. The van der Waals surface area contributed by atoms with Crippen molar-refractivity contribution in [1.29, 1.82) is 0 Å². The summed E-state index contributed by atoms with van der Waals surface area (Å²) in [6.07, 6.45) is 1.92. The summed E-state index contributed by atoms with van der Waals surface area (Å²) in [6.45, 7) is 0. The highest BCUT2D eigenvalue weighted by Crippen LogP contribution is 2.26. The molecule has 0 saturated heterocycles. The van der Waals surface area contributed by atoms with E-state index in [0.717, 1.165) is 16.5 Å². The van der Waals surface area contributed by atoms with E-state index in [1.165, 1.54) is 4.88 Å². The fraction of sp³-hybridized carbons (Fsp3) is 0.133. The molecule has 18 heavy (non-hydrogen) atoms. The summed E-state index contributed by atoms with van der Waals surface area (Å²) in [5.41, 5.74) is 1.80. The van der Waals surface area contributed by atoms with Gasteiger partial charge in [-0.15, -0.1) is 11.3 Å². The van der Waals surface area contributed by atoms with Gasteiger partial charge in [0.05, 0.1) is 11.6 Å². The zero-order valence-electron chi connectivity index (χ0n) is 9.78. The van der Waals surface area contributed by atoms with Crippen molar-refractivity contribution in [3.05, 3.63) is 64.5 Å². The van der Waals surface area contributed by atoms with Crippen LogP contribution in [-0.2, 0) is 6.42 Å². The average Bonchev–Trinajstić information content (AvgIpc) is 2.91. The number of fused-ring (bicyclic) bond motifs is 1. The second-order valence-electron chi connectivity index (χ2n) is 4.22. The summed E-state index contributed by atoms with van der Waals surface area (Å²) < 4.78 is 0. The molecule has 0 aliphatic heterocycles. The minimum atomic E-state index is -0.498. The molecular weight excluding hydrogens is 242 g/mol. The minimum absolute atomic E-state index is 0.498. The van der Waals surface area contributed by atoms with E-state index in [4.69, 9.17) is 0 Å². The van der Waals surface area contributed by atoms with Crippen molar-refractivity contribution in [3.63, 3.8) is 0 Å². The van der Waals surface area contributed by atoms with Gasteiger partial charge in [0.25, 0.3) is 0 Å². The van der Waals surface area contributed by atoms with Crippen LogP contribution in [0.5, 0.6) is 0 Å². The summed E-state index contributed by atoms with van der Waals surface area (Å²) in [6, 6.07) is 13.9. The van der Waals surface area contributed by atoms with Gasteiger partial charge in [-0.3, -0.25) is 4.98 Å². The highest BCUT2D eigenvalue weighted by atomic mass is 32.1. The van der Waals surface area contributed by atoms with Crippen molar-refractivity contribution in [1.82, 2.24) is 4.98 Å². The van der Waals surface area contributed by atoms with E-state index in [1.807, 2.05) is 47.8 Å². The largest absolute Gasteiger partial charge is 0.388 e. The first-order valence-electron chi connectivity index (χ1n) is 5.89. The van der Waals surface area contributed by atoms with Gasteiger partial charge in [0, 0.05) is 28.4 Å². The predicted molar refractivity (Wildman–Crippen MR) is 74.7 cm³/mol. The molecule has 0 radical (unpaired) electrons. The molecule has 3 heteroatoms. The van der Waals surface area contributed by atoms with Gasteiger partial charge in [-0.25, -0.2) is 0 Å². The van der Waals surface area contributed by atoms with Gasteiger partial charge in [-0.1, -0.05) is 30.3 Å². The van der Waals surface area contributed by atoms with Gasteiger partial charge in [-0.05, 0) is 17.5 Å². The first-order chi connectivity index (χ1) is 8.84. The number of aliphatic hydroxyl groups excluding tert-OH is 1. The van der Waals surface area contributed by atoms with Crippen LogP contribution in [-0.4, -0.2) is 10.1 Å². The molecule has 2 nitrogen and oxygen atoms in total. The fourth-order valence-corrected chi connectivity index (χ4v) is 2.87. The number of nitrogens with zero attached hydrogens (tertiary/aromatic N) is 1. The number of aromatic nitrogens is 1. The van der Waals surface area contributed by atoms with Gasteiger partial charge in [-0.2, -0.15) is 0 Å². The van der Waals surface area contributed by atoms with Gasteiger partial charge in [0.2, 0.25) is 0 Å². The number of para-hydroxylation sites is 1. The number of hydrogen-bond donors (Lipinski definition) is 1. The fourth-order valence-electron chi connectivity index (χ4n) is 2.13. The average molecular weight is 255 g/mol. The molecular formula is C15H13NOS. The monoisotopic (exact) mass is 255 g/mol. The van der Waals surface area contributed by atoms with Crippen LogP contribution in [0.15, 0.2) is 54.0 Å². The SMILES string of the molecule is OC(Cc1cccs1)c1cccc2cccnc12. The van der Waals surface area contributed by atoms with Gasteiger partial charge in [0.1, 0.15) is 0 Å². The molecule has 90 valence electrons. The van der Waals surface area contributed by atoms with Crippen LogP contribution in [0.25, 0.3) is 10.9 Å². The molecule has 0 aliphatic carbocycles. The quantitative estimate of drug-likeness (QED) is 0.776. The van der Waals surface area contributed by atoms with Crippen molar-refractivity contribution in [2.45, 2.75) is 12.5 Å². The molecule has 3 aromatic rings. The van der Waals surface area contributed by atoms with Crippen LogP contribution in [0.1, 0.15) is 16.5 Å². The Morgan fingerprint density at radius 2 is 2.00 bits per heavy atom. The standard InChI is InChI=1S/C15H13NOS/c17-14(10-12-6-3-9-18-12)13-7-1-4-11-5-2-8-16-15(11)13/h1-9,14,17H,10H2. The molecule has 3 rings (SSSR count). The third kappa shape index (κ3) is 2.15. The van der Waals surface area contributed by atoms with Crippen LogP contribution in [0.4, 0.5) is 0 Å². The lowest BCUT2D eigenvalue weighted by molar-refractivity contribution is 0.181. The van der Waals surface area contributed by atoms with Crippen LogP contribution < -0.4 is 0 Å². The van der Waals surface area contributed by atoms with Gasteiger partial charge in [0.15, 0.2) is 0 Å². The summed E-state index contributed by atoms with van der Waals surface area (Å²) >= 11 is 1.67. The summed E-state index contributed by atoms with van der Waals surface area (Å²) in [5.74, 6) is 0. The Kier molecular flexibility index (Phi) is 3.09. The molecule has 0 spiro atoms. The van der Waals surface area contributed by atoms with Crippen LogP contribution >= 0.6 is 11.3 Å². The highest BCUT2D eigenvalue weighted by molar-refractivity contribution is 7.09. The number of benzene rings is 1. The number of aliphatic hydroxyl groups is 1. The zero-order valence-corrected chi connectivity index (χ0v) is 10.6. The maximum atomic E-state index is 10.4. The van der Waals surface area contributed by atoms with Crippen molar-refractivity contribution in [3.8, 4) is 0 Å². The highest BCUT2D eigenvalue weighted by Gasteiger charge is 2.13. The Morgan fingerprint density at radius 3 is 2.83 bits per heavy atom. The first-order valence-corrected chi connectivity index (χ1v) is 6.76. The minimum Gasteiger partial charge on any atom is -0.388 e. The number of pyridine rings is 1. The number of thiophene rings is 1. The van der Waals surface area contributed by atoms with Crippen molar-refractivity contribution in [2.24, 2.45) is 0 Å². The summed E-state index contributed by atoms with van der Waals surface area (Å²) in [5, 5.41) is 13.5. The van der Waals surface area contributed by atoms with Crippen LogP contribution in [0.3, 0.4) is 0 Å². The summed E-state index contributed by atoms with van der Waals surface area (Å²) in [4.78, 5) is 5.57. The number of hydrogen-bond acceptors (Lipinski definition) is 3. The van der Waals surface area contributed by atoms with Crippen molar-refractivity contribution in [2.75, 3.05) is 0 Å². The Hall–Kier alpha value is -1.71. The normalized spacial score (nSPS) is 12.7. The van der Waals surface area contributed by atoms with Crippen LogP contribution in [0, 0.1) is 0 Å². The van der Waals surface area contributed by atoms with E-state index in [2.05, 4.69) is 4.98 Å². The zero-order chi connectivity index (χ0) is 12.4. The Bertz CT molecular complexity index is 643. The first kappa shape index (κ1) is 11.4. The van der Waals surface area contributed by atoms with E-state index in [9.17, 15) is 5.11 Å². The molecule has 1 aromatic carbocycles. The predicted octanol–water partition coefficient (Wildman–Crippen LogP) is 3.57. The molecule has 1 unspecified atom stereocenters. The lowest BCUT2D eigenvalue weighted by atomic mass is 10.0. The molecule has 0 aliphatic rings. The van der Waals surface area contributed by atoms with E-state index >= 15 is 0 Å². The maximum Gasteiger partial charge on any atom is 0.0859 e. The Morgan fingerprint density at radius 1 is 1.11 bits per heavy atom. The van der Waals surface area contributed by atoms with E-state index < -0.39 is 6.10 Å². The lowest BCUT2D eigenvalue weighted by Gasteiger charge is -2.12. The second-order valence-corrected chi connectivity index (χ2v) is 5.25. The third-order valence-corrected chi connectivity index (χ3v) is 3.90. The lowest BCUT2D eigenvalue weighted by Crippen LogP contribution is -2.02. The Labute approximate surface area is 110 Å². The second kappa shape index (κ2) is 4.88. The number of rotatable bonds is 3. The van der Waals surface area contributed by atoms with Gasteiger partial charge >= 0.3 is 0 Å². The molecule has 0 fully saturated rings. The molecule has 0 bridgehead atoms.